The smallest absolute Gasteiger partial charge is 0.444 e. The zero-order valence-corrected chi connectivity index (χ0v) is 8.37. The summed E-state index contributed by atoms with van der Waals surface area (Å²) in [5.74, 6) is -0.741. The molecule has 0 aromatic heterocycles. The minimum absolute atomic E-state index is 0.579. The third-order valence-corrected chi connectivity index (χ3v) is 1.19. The van der Waals surface area contributed by atoms with Crippen molar-refractivity contribution in [2.24, 2.45) is 0 Å². The van der Waals surface area contributed by atoms with Crippen LogP contribution in [0, 0.1) is 0 Å². The van der Waals surface area contributed by atoms with Crippen molar-refractivity contribution < 1.29 is 19.6 Å². The van der Waals surface area contributed by atoms with Crippen molar-refractivity contribution in [2.45, 2.75) is 39.2 Å². The second kappa shape index (κ2) is 4.48. The van der Waals surface area contributed by atoms with E-state index in [1.54, 1.807) is 20.8 Å². The van der Waals surface area contributed by atoms with Crippen molar-refractivity contribution >= 4 is 13.2 Å². The van der Waals surface area contributed by atoms with Crippen LogP contribution in [0.5, 0.6) is 0 Å². The molecule has 76 valence electrons. The number of rotatable bonds is 2. The van der Waals surface area contributed by atoms with Gasteiger partial charge in [-0.25, -0.2) is 4.79 Å². The molecule has 0 aliphatic heterocycles. The van der Waals surface area contributed by atoms with E-state index < -0.39 is 24.8 Å². The van der Waals surface area contributed by atoms with Gasteiger partial charge in [-0.1, -0.05) is 0 Å². The molecular weight excluding hydrogens is 173 g/mol. The Kier molecular flexibility index (Phi) is 4.22. The van der Waals surface area contributed by atoms with Gasteiger partial charge in [0, 0.05) is 0 Å². The summed E-state index contributed by atoms with van der Waals surface area (Å²) >= 11 is 0. The first-order valence-electron chi connectivity index (χ1n) is 4.08. The number of ether oxygens (including phenoxy) is 1. The Morgan fingerprint density at radius 2 is 1.92 bits per heavy atom. The van der Waals surface area contributed by atoms with Crippen molar-refractivity contribution in [1.82, 2.24) is 5.32 Å². The number of hydrogen-bond acceptors (Lipinski definition) is 4. The molecule has 0 radical (unpaired) electrons. The number of nitrogens with one attached hydrogen (secondary N) is 1. The van der Waals surface area contributed by atoms with Crippen LogP contribution in [0.2, 0.25) is 0 Å². The largest absolute Gasteiger partial charge is 0.475 e. The Labute approximate surface area is 78.2 Å². The van der Waals surface area contributed by atoms with Crippen LogP contribution in [0.3, 0.4) is 0 Å². The molecule has 0 aliphatic carbocycles. The molecule has 0 aliphatic rings. The van der Waals surface area contributed by atoms with E-state index in [0.29, 0.717) is 0 Å². The minimum atomic E-state index is -1.58. The third-order valence-electron chi connectivity index (χ3n) is 1.19. The van der Waals surface area contributed by atoms with Crippen LogP contribution in [0.25, 0.3) is 0 Å². The van der Waals surface area contributed by atoms with Gasteiger partial charge in [0.15, 0.2) is 0 Å². The highest BCUT2D eigenvalue weighted by Gasteiger charge is 2.23. The molecule has 0 saturated carbocycles. The summed E-state index contributed by atoms with van der Waals surface area (Å²) in [5.41, 5.74) is -0.579. The van der Waals surface area contributed by atoms with E-state index in [1.165, 1.54) is 6.92 Å². The second-order valence-electron chi connectivity index (χ2n) is 3.85. The summed E-state index contributed by atoms with van der Waals surface area (Å²) in [7, 11) is -1.58. The van der Waals surface area contributed by atoms with E-state index in [2.05, 4.69) is 5.32 Å². The molecule has 0 heterocycles. The van der Waals surface area contributed by atoms with Gasteiger partial charge in [0.05, 0.1) is 5.94 Å². The number of alkyl carbamates (subject to hydrolysis) is 1. The average molecular weight is 189 g/mol. The molecule has 0 bridgehead atoms. The van der Waals surface area contributed by atoms with E-state index in [1.807, 2.05) is 0 Å². The van der Waals surface area contributed by atoms with Crippen molar-refractivity contribution in [1.29, 1.82) is 0 Å². The standard InChI is InChI=1S/C7H16BNO4/c1-5(8(11)12)9-6(10)13-7(2,3)4/h5,11-12H,1-4H3,(H,9,10)/t5-/m1/s1. The first-order chi connectivity index (χ1) is 5.72. The van der Waals surface area contributed by atoms with Crippen molar-refractivity contribution in [3.05, 3.63) is 0 Å². The molecule has 0 rings (SSSR count). The lowest BCUT2D eigenvalue weighted by molar-refractivity contribution is 0.0516. The molecule has 1 atom stereocenters. The fraction of sp³-hybridized carbons (Fsp3) is 0.857. The minimum Gasteiger partial charge on any atom is -0.444 e. The number of carbonyl (C=O) groups excluding carboxylic acids is 1. The molecule has 0 saturated heterocycles. The van der Waals surface area contributed by atoms with E-state index in [0.717, 1.165) is 0 Å². The highest BCUT2D eigenvalue weighted by atomic mass is 16.6. The van der Waals surface area contributed by atoms with Crippen LogP contribution >= 0.6 is 0 Å². The predicted octanol–water partition coefficient (Wildman–Crippen LogP) is -0.0884. The van der Waals surface area contributed by atoms with Crippen LogP contribution in [0.15, 0.2) is 0 Å². The first kappa shape index (κ1) is 12.3. The Hall–Kier alpha value is -0.745. The van der Waals surface area contributed by atoms with Gasteiger partial charge in [0.2, 0.25) is 0 Å². The molecule has 0 fully saturated rings. The van der Waals surface area contributed by atoms with Gasteiger partial charge in [0.1, 0.15) is 5.60 Å². The van der Waals surface area contributed by atoms with E-state index in [-0.39, 0.29) is 0 Å². The Balaban J connectivity index is 3.89. The molecule has 13 heavy (non-hydrogen) atoms. The quantitative estimate of drug-likeness (QED) is 0.530. The fourth-order valence-electron chi connectivity index (χ4n) is 0.568. The average Bonchev–Trinajstić information content (AvgIpc) is 1.81. The van der Waals surface area contributed by atoms with Crippen LogP contribution in [0.1, 0.15) is 27.7 Å². The molecule has 3 N–H and O–H groups in total. The molecule has 6 heteroatoms. The monoisotopic (exact) mass is 189 g/mol. The van der Waals surface area contributed by atoms with Crippen LogP contribution in [0.4, 0.5) is 4.79 Å². The van der Waals surface area contributed by atoms with E-state index in [9.17, 15) is 4.79 Å². The zero-order chi connectivity index (χ0) is 10.6. The lowest BCUT2D eigenvalue weighted by Gasteiger charge is -2.21. The van der Waals surface area contributed by atoms with Gasteiger partial charge >= 0.3 is 13.2 Å². The lowest BCUT2D eigenvalue weighted by Crippen LogP contribution is -2.46. The molecule has 0 unspecified atom stereocenters. The van der Waals surface area contributed by atoms with Crippen molar-refractivity contribution in [2.75, 3.05) is 0 Å². The van der Waals surface area contributed by atoms with Crippen LogP contribution in [-0.4, -0.2) is 34.8 Å². The fourth-order valence-corrected chi connectivity index (χ4v) is 0.568. The summed E-state index contributed by atoms with van der Waals surface area (Å²) in [4.78, 5) is 11.0. The Morgan fingerprint density at radius 1 is 1.46 bits per heavy atom. The first-order valence-corrected chi connectivity index (χ1v) is 4.08. The molecule has 0 spiro atoms. The maximum atomic E-state index is 11.0. The predicted molar refractivity (Wildman–Crippen MR) is 49.0 cm³/mol. The van der Waals surface area contributed by atoms with Gasteiger partial charge < -0.3 is 20.1 Å². The van der Waals surface area contributed by atoms with Crippen LogP contribution in [-0.2, 0) is 4.74 Å². The second-order valence-corrected chi connectivity index (χ2v) is 3.85. The summed E-state index contributed by atoms with van der Waals surface area (Å²) in [5, 5.41) is 19.6. The maximum absolute atomic E-state index is 11.0. The number of carbonyl (C=O) groups is 1. The molecule has 0 aromatic rings. The lowest BCUT2D eigenvalue weighted by atomic mass is 9.81. The normalized spacial score (nSPS) is 13.4. The van der Waals surface area contributed by atoms with E-state index in [4.69, 9.17) is 14.8 Å². The van der Waals surface area contributed by atoms with Crippen molar-refractivity contribution in [3.8, 4) is 0 Å². The number of hydrogen-bond donors (Lipinski definition) is 3. The summed E-state index contributed by atoms with van der Waals surface area (Å²) in [6, 6.07) is 0. The van der Waals surface area contributed by atoms with Gasteiger partial charge in [-0.3, -0.25) is 0 Å². The van der Waals surface area contributed by atoms with Crippen molar-refractivity contribution in [3.63, 3.8) is 0 Å². The summed E-state index contributed by atoms with van der Waals surface area (Å²) < 4.78 is 4.89. The molecule has 5 nitrogen and oxygen atoms in total. The highest BCUT2D eigenvalue weighted by Crippen LogP contribution is 2.06. The Bertz CT molecular complexity index is 178. The summed E-state index contributed by atoms with van der Waals surface area (Å²) in [6.07, 6.45) is -0.659. The van der Waals surface area contributed by atoms with Gasteiger partial charge in [0.25, 0.3) is 0 Å². The van der Waals surface area contributed by atoms with E-state index >= 15 is 0 Å². The number of amides is 1. The topological polar surface area (TPSA) is 78.8 Å². The molecule has 0 aromatic carbocycles. The summed E-state index contributed by atoms with van der Waals surface area (Å²) in [6.45, 7) is 6.65. The Morgan fingerprint density at radius 3 is 2.23 bits per heavy atom. The van der Waals surface area contributed by atoms with Crippen LogP contribution < -0.4 is 5.32 Å². The SMILES string of the molecule is C[C@@H](NC(=O)OC(C)(C)C)B(O)O. The van der Waals surface area contributed by atoms with Gasteiger partial charge in [-0.2, -0.15) is 0 Å². The third kappa shape index (κ3) is 6.42. The maximum Gasteiger partial charge on any atom is 0.475 e. The molecule has 1 amide bonds. The molecular formula is C7H16BNO4. The van der Waals surface area contributed by atoms with Gasteiger partial charge in [-0.05, 0) is 27.7 Å². The highest BCUT2D eigenvalue weighted by molar-refractivity contribution is 6.43. The zero-order valence-electron chi connectivity index (χ0n) is 8.37. The van der Waals surface area contributed by atoms with Gasteiger partial charge in [-0.15, -0.1) is 0 Å².